The molecule has 0 fully saturated rings. The Morgan fingerprint density at radius 2 is 1.70 bits per heavy atom. The van der Waals surface area contributed by atoms with Crippen molar-refractivity contribution in [2.24, 2.45) is 0 Å². The zero-order valence-corrected chi connectivity index (χ0v) is 13.3. The van der Waals surface area contributed by atoms with Gasteiger partial charge in [0.05, 0.1) is 11.3 Å². The van der Waals surface area contributed by atoms with Crippen LogP contribution in [0.4, 0.5) is 5.69 Å². The lowest BCUT2D eigenvalue weighted by molar-refractivity contribution is -0.114. The smallest absolute Gasteiger partial charge is 0.299 e. The zero-order chi connectivity index (χ0) is 16.1. The molecule has 0 bridgehead atoms. The van der Waals surface area contributed by atoms with Crippen LogP contribution in [0.2, 0.25) is 0 Å². The summed E-state index contributed by atoms with van der Waals surface area (Å²) in [5, 5.41) is 0. The molecular weight excluding hydrogens is 288 g/mol. The lowest BCUT2D eigenvalue weighted by atomic mass is 9.87. The first-order valence-corrected chi connectivity index (χ1v) is 7.83. The van der Waals surface area contributed by atoms with Crippen molar-refractivity contribution < 1.29 is 9.59 Å². The van der Waals surface area contributed by atoms with Gasteiger partial charge in [0.25, 0.3) is 11.7 Å². The van der Waals surface area contributed by atoms with Crippen LogP contribution < -0.4 is 4.90 Å². The third kappa shape index (κ3) is 2.02. The van der Waals surface area contributed by atoms with Gasteiger partial charge in [-0.25, -0.2) is 0 Å². The third-order valence-corrected chi connectivity index (χ3v) is 4.85. The average molecular weight is 306 g/mol. The van der Waals surface area contributed by atoms with E-state index in [1.807, 2.05) is 24.3 Å². The van der Waals surface area contributed by atoms with Gasteiger partial charge in [-0.2, -0.15) is 0 Å². The molecule has 1 amide bonds. The van der Waals surface area contributed by atoms with Crippen molar-refractivity contribution in [3.05, 3.63) is 53.1 Å². The quantitative estimate of drug-likeness (QED) is 0.760. The number of anilines is 1. The number of carbonyl (C=O) groups is 2. The Kier molecular flexibility index (Phi) is 3.10. The number of fused-ring (bicyclic) bond motifs is 3. The molecule has 116 valence electrons. The Labute approximate surface area is 135 Å². The number of ketones is 1. The van der Waals surface area contributed by atoms with E-state index < -0.39 is 11.7 Å². The molecule has 0 saturated heterocycles. The Morgan fingerprint density at radius 1 is 0.957 bits per heavy atom. The molecule has 4 rings (SSSR count). The van der Waals surface area contributed by atoms with E-state index in [0.29, 0.717) is 5.56 Å². The minimum Gasteiger partial charge on any atom is -0.307 e. The van der Waals surface area contributed by atoms with Crippen LogP contribution in [0.3, 0.4) is 0 Å². The molecule has 2 aromatic rings. The van der Waals surface area contributed by atoms with Crippen molar-refractivity contribution in [2.45, 2.75) is 13.0 Å². The monoisotopic (exact) mass is 306 g/mol. The maximum absolute atomic E-state index is 12.4. The van der Waals surface area contributed by atoms with Gasteiger partial charge in [0.1, 0.15) is 0 Å². The van der Waals surface area contributed by atoms with Crippen molar-refractivity contribution in [1.82, 2.24) is 4.90 Å². The number of likely N-dealkylation sites (N-methyl/N-ethyl adjacent to an activating group) is 2. The Balaban J connectivity index is 2.02. The van der Waals surface area contributed by atoms with E-state index in [2.05, 4.69) is 24.1 Å². The second kappa shape index (κ2) is 5.03. The number of amides is 1. The van der Waals surface area contributed by atoms with Gasteiger partial charge in [-0.1, -0.05) is 30.3 Å². The minimum atomic E-state index is -0.430. The number of benzene rings is 2. The summed E-state index contributed by atoms with van der Waals surface area (Å²) in [6.07, 6.45) is 0.930. The van der Waals surface area contributed by atoms with Gasteiger partial charge in [-0.15, -0.1) is 0 Å². The first-order chi connectivity index (χ1) is 11.1. The second-order valence-corrected chi connectivity index (χ2v) is 6.32. The van der Waals surface area contributed by atoms with Crippen LogP contribution in [-0.2, 0) is 17.8 Å². The third-order valence-electron chi connectivity index (χ3n) is 4.85. The standard InChI is InChI=1S/C19H18N2O2/c1-20-9-8-13-14(12-6-4-3-5-7-12)10-15-17(16(13)11-20)21(2)19(23)18(15)22/h3-7,10H,8-9,11H2,1-2H3. The van der Waals surface area contributed by atoms with Crippen molar-refractivity contribution in [2.75, 3.05) is 25.5 Å². The highest BCUT2D eigenvalue weighted by molar-refractivity contribution is 6.52. The Hall–Kier alpha value is -2.46. The van der Waals surface area contributed by atoms with Gasteiger partial charge in [0, 0.05) is 20.1 Å². The molecule has 0 aromatic heterocycles. The molecule has 4 heteroatoms. The first-order valence-electron chi connectivity index (χ1n) is 7.83. The molecule has 23 heavy (non-hydrogen) atoms. The van der Waals surface area contributed by atoms with Crippen molar-refractivity contribution in [3.8, 4) is 11.1 Å². The summed E-state index contributed by atoms with van der Waals surface area (Å²) in [5.41, 5.74) is 5.93. The summed E-state index contributed by atoms with van der Waals surface area (Å²) in [7, 11) is 3.77. The summed E-state index contributed by atoms with van der Waals surface area (Å²) in [5.74, 6) is -0.823. The summed E-state index contributed by atoms with van der Waals surface area (Å²) >= 11 is 0. The number of nitrogens with zero attached hydrogens (tertiary/aromatic N) is 2. The molecule has 0 aliphatic carbocycles. The molecule has 4 nitrogen and oxygen atoms in total. The number of carbonyl (C=O) groups excluding carboxylic acids is 2. The fourth-order valence-electron chi connectivity index (χ4n) is 3.68. The highest BCUT2D eigenvalue weighted by atomic mass is 16.2. The van der Waals surface area contributed by atoms with E-state index in [9.17, 15) is 9.59 Å². The van der Waals surface area contributed by atoms with Crippen LogP contribution in [0, 0.1) is 0 Å². The number of Topliss-reactive ketones (excluding diaryl/α,β-unsaturated/α-hetero) is 1. The Morgan fingerprint density at radius 3 is 2.43 bits per heavy atom. The van der Waals surface area contributed by atoms with Crippen LogP contribution in [-0.4, -0.2) is 37.2 Å². The molecule has 0 saturated carbocycles. The van der Waals surface area contributed by atoms with Crippen LogP contribution in [0.1, 0.15) is 21.5 Å². The molecule has 0 N–H and O–H groups in total. The maximum Gasteiger partial charge on any atom is 0.299 e. The van der Waals surface area contributed by atoms with Crippen LogP contribution in [0.15, 0.2) is 36.4 Å². The molecule has 0 unspecified atom stereocenters. The van der Waals surface area contributed by atoms with Crippen LogP contribution in [0.5, 0.6) is 0 Å². The molecule has 2 aromatic carbocycles. The van der Waals surface area contributed by atoms with E-state index in [4.69, 9.17) is 0 Å². The summed E-state index contributed by atoms with van der Waals surface area (Å²) in [4.78, 5) is 28.2. The lowest BCUT2D eigenvalue weighted by Gasteiger charge is -2.30. The predicted octanol–water partition coefficient (Wildman–Crippen LogP) is 2.50. The van der Waals surface area contributed by atoms with Crippen LogP contribution in [0.25, 0.3) is 11.1 Å². The molecule has 0 atom stereocenters. The predicted molar refractivity (Wildman–Crippen MR) is 89.7 cm³/mol. The fourth-order valence-corrected chi connectivity index (χ4v) is 3.68. The maximum atomic E-state index is 12.4. The van der Waals surface area contributed by atoms with Gasteiger partial charge in [-0.3, -0.25) is 9.59 Å². The van der Waals surface area contributed by atoms with Gasteiger partial charge in [-0.05, 0) is 41.8 Å². The SMILES string of the molecule is CN1CCc2c(-c3ccccc3)cc3c(c2C1)N(C)C(=O)C3=O. The second-order valence-electron chi connectivity index (χ2n) is 6.32. The highest BCUT2D eigenvalue weighted by Gasteiger charge is 2.38. The molecule has 2 heterocycles. The average Bonchev–Trinajstić information content (AvgIpc) is 2.79. The largest absolute Gasteiger partial charge is 0.307 e. The summed E-state index contributed by atoms with van der Waals surface area (Å²) in [6.45, 7) is 1.75. The number of hydrogen-bond acceptors (Lipinski definition) is 3. The van der Waals surface area contributed by atoms with E-state index in [1.165, 1.54) is 10.5 Å². The van der Waals surface area contributed by atoms with Gasteiger partial charge < -0.3 is 9.80 Å². The van der Waals surface area contributed by atoms with Crippen molar-refractivity contribution in [3.63, 3.8) is 0 Å². The summed E-state index contributed by atoms with van der Waals surface area (Å²) < 4.78 is 0. The highest BCUT2D eigenvalue weighted by Crippen LogP contribution is 2.41. The summed E-state index contributed by atoms with van der Waals surface area (Å²) in [6, 6.07) is 12.0. The van der Waals surface area contributed by atoms with Crippen LogP contribution >= 0.6 is 0 Å². The van der Waals surface area contributed by atoms with Crippen molar-refractivity contribution in [1.29, 1.82) is 0 Å². The van der Waals surface area contributed by atoms with Crippen molar-refractivity contribution >= 4 is 17.4 Å². The molecular formula is C19H18N2O2. The topological polar surface area (TPSA) is 40.6 Å². The normalized spacial score (nSPS) is 17.4. The first kappa shape index (κ1) is 14.2. The van der Waals surface area contributed by atoms with Gasteiger partial charge in [0.2, 0.25) is 0 Å². The molecule has 2 aliphatic rings. The zero-order valence-electron chi connectivity index (χ0n) is 13.3. The number of rotatable bonds is 1. The van der Waals surface area contributed by atoms with Gasteiger partial charge >= 0.3 is 0 Å². The fraction of sp³-hybridized carbons (Fsp3) is 0.263. The number of hydrogen-bond donors (Lipinski definition) is 0. The molecule has 0 radical (unpaired) electrons. The Bertz CT molecular complexity index is 827. The molecule has 0 spiro atoms. The molecule has 2 aliphatic heterocycles. The van der Waals surface area contributed by atoms with E-state index in [-0.39, 0.29) is 0 Å². The van der Waals surface area contributed by atoms with Gasteiger partial charge in [0.15, 0.2) is 0 Å². The lowest BCUT2D eigenvalue weighted by Crippen LogP contribution is -2.30. The van der Waals surface area contributed by atoms with E-state index in [1.54, 1.807) is 7.05 Å². The van der Waals surface area contributed by atoms with E-state index >= 15 is 0 Å². The van der Waals surface area contributed by atoms with E-state index in [0.717, 1.165) is 41.9 Å². The minimum absolute atomic E-state index is 0.393.